The maximum atomic E-state index is 12.8. The molecule has 1 amide bonds. The van der Waals surface area contributed by atoms with Crippen LogP contribution >= 0.6 is 11.6 Å². The van der Waals surface area contributed by atoms with Crippen LogP contribution < -0.4 is 14.2 Å². The lowest BCUT2D eigenvalue weighted by Crippen LogP contribution is -2.50. The lowest BCUT2D eigenvalue weighted by Gasteiger charge is -2.34. The van der Waals surface area contributed by atoms with Gasteiger partial charge in [-0.3, -0.25) is 4.79 Å². The van der Waals surface area contributed by atoms with E-state index < -0.39 is 10.0 Å². The van der Waals surface area contributed by atoms with Crippen molar-refractivity contribution >= 4 is 27.5 Å². The Morgan fingerprint density at radius 3 is 1.97 bits per heavy atom. The number of amides is 1. The summed E-state index contributed by atoms with van der Waals surface area (Å²) < 4.78 is 43.0. The molecule has 2 aromatic carbocycles. The van der Waals surface area contributed by atoms with Crippen LogP contribution in [-0.2, 0) is 21.2 Å². The van der Waals surface area contributed by atoms with Crippen LogP contribution in [0.5, 0.6) is 17.2 Å². The summed E-state index contributed by atoms with van der Waals surface area (Å²) >= 11 is 5.85. The van der Waals surface area contributed by atoms with E-state index >= 15 is 0 Å². The summed E-state index contributed by atoms with van der Waals surface area (Å²) in [5, 5.41) is 0.473. The molecule has 0 N–H and O–H groups in total. The number of methoxy groups -OCH3 is 3. The number of ether oxygens (including phenoxy) is 3. The fourth-order valence-corrected chi connectivity index (χ4v) is 5.01. The second-order valence-corrected chi connectivity index (χ2v) is 9.32. The third-order valence-corrected chi connectivity index (χ3v) is 7.29. The molecular weight excluding hydrogens is 444 g/mol. The largest absolute Gasteiger partial charge is 0.493 e. The number of hydrogen-bond donors (Lipinski definition) is 0. The molecule has 1 aliphatic heterocycles. The number of carbonyl (C=O) groups is 1. The van der Waals surface area contributed by atoms with Crippen molar-refractivity contribution in [2.75, 3.05) is 47.5 Å². The second-order valence-electron chi connectivity index (χ2n) is 6.95. The van der Waals surface area contributed by atoms with Crippen LogP contribution in [0.3, 0.4) is 0 Å². The zero-order chi connectivity index (χ0) is 22.6. The Bertz CT molecular complexity index is 1010. The Morgan fingerprint density at radius 2 is 1.48 bits per heavy atom. The van der Waals surface area contributed by atoms with Gasteiger partial charge >= 0.3 is 0 Å². The van der Waals surface area contributed by atoms with E-state index in [1.165, 1.54) is 37.8 Å². The van der Waals surface area contributed by atoms with E-state index in [1.807, 2.05) is 0 Å². The average molecular weight is 469 g/mol. The fourth-order valence-electron chi connectivity index (χ4n) is 3.46. The molecule has 1 aliphatic rings. The monoisotopic (exact) mass is 468 g/mol. The van der Waals surface area contributed by atoms with Gasteiger partial charge in [0, 0.05) is 31.2 Å². The first-order valence-corrected chi connectivity index (χ1v) is 11.4. The van der Waals surface area contributed by atoms with Crippen LogP contribution in [0.1, 0.15) is 5.56 Å². The Hall–Kier alpha value is -2.49. The number of nitrogens with zero attached hydrogens (tertiary/aromatic N) is 2. The highest BCUT2D eigenvalue weighted by atomic mass is 35.5. The van der Waals surface area contributed by atoms with Crippen LogP contribution in [0.25, 0.3) is 0 Å². The molecule has 0 saturated carbocycles. The van der Waals surface area contributed by atoms with Crippen molar-refractivity contribution in [2.45, 2.75) is 11.3 Å². The standard InChI is InChI=1S/C21H25ClN2O6S/c1-28-18-12-15(13-19(29-2)21(18)30-3)14-20(25)23-8-10-24(11-9-23)31(26,27)17-6-4-16(22)5-7-17/h4-7,12-13H,8-11,14H2,1-3H3. The highest BCUT2D eigenvalue weighted by Gasteiger charge is 2.30. The molecule has 0 aromatic heterocycles. The molecule has 0 radical (unpaired) electrons. The number of sulfonamides is 1. The summed E-state index contributed by atoms with van der Waals surface area (Å²) in [4.78, 5) is 14.7. The van der Waals surface area contributed by atoms with E-state index in [9.17, 15) is 13.2 Å². The second kappa shape index (κ2) is 9.76. The molecule has 1 fully saturated rings. The molecular formula is C21H25ClN2O6S. The van der Waals surface area contributed by atoms with Crippen LogP contribution in [-0.4, -0.2) is 71.0 Å². The SMILES string of the molecule is COc1cc(CC(=O)N2CCN(S(=O)(=O)c3ccc(Cl)cc3)CC2)cc(OC)c1OC. The number of benzene rings is 2. The number of carbonyl (C=O) groups excluding carboxylic acids is 1. The molecule has 2 aromatic rings. The van der Waals surface area contributed by atoms with Gasteiger partial charge in [0.2, 0.25) is 21.7 Å². The normalized spacial score (nSPS) is 14.9. The van der Waals surface area contributed by atoms with Crippen molar-refractivity contribution in [3.05, 3.63) is 47.0 Å². The summed E-state index contributed by atoms with van der Waals surface area (Å²) in [6.45, 7) is 1.09. The van der Waals surface area contributed by atoms with Gasteiger partial charge in [-0.25, -0.2) is 8.42 Å². The Kier molecular flexibility index (Phi) is 7.30. The Morgan fingerprint density at radius 1 is 0.935 bits per heavy atom. The molecule has 0 aliphatic carbocycles. The molecule has 0 spiro atoms. The Labute approximate surface area is 187 Å². The zero-order valence-electron chi connectivity index (χ0n) is 17.6. The molecule has 31 heavy (non-hydrogen) atoms. The summed E-state index contributed by atoms with van der Waals surface area (Å²) in [6, 6.07) is 9.54. The molecule has 0 atom stereocenters. The third-order valence-electron chi connectivity index (χ3n) is 5.12. The van der Waals surface area contributed by atoms with Crippen molar-refractivity contribution in [1.82, 2.24) is 9.21 Å². The number of rotatable bonds is 7. The summed E-state index contributed by atoms with van der Waals surface area (Å²) in [6.07, 6.45) is 0.140. The summed E-state index contributed by atoms with van der Waals surface area (Å²) in [7, 11) is 0.928. The summed E-state index contributed by atoms with van der Waals surface area (Å²) in [5.41, 5.74) is 0.718. The van der Waals surface area contributed by atoms with Gasteiger partial charge in [0.05, 0.1) is 32.6 Å². The van der Waals surface area contributed by atoms with E-state index in [0.29, 0.717) is 35.4 Å². The zero-order valence-corrected chi connectivity index (χ0v) is 19.2. The van der Waals surface area contributed by atoms with Gasteiger partial charge in [-0.15, -0.1) is 0 Å². The molecule has 1 heterocycles. The minimum Gasteiger partial charge on any atom is -0.493 e. The first-order chi connectivity index (χ1) is 14.8. The van der Waals surface area contributed by atoms with Crippen LogP contribution in [0, 0.1) is 0 Å². The smallest absolute Gasteiger partial charge is 0.243 e. The summed E-state index contributed by atoms with van der Waals surface area (Å²) in [5.74, 6) is 1.31. The van der Waals surface area contributed by atoms with Gasteiger partial charge in [0.15, 0.2) is 11.5 Å². The van der Waals surface area contributed by atoms with Crippen molar-refractivity contribution < 1.29 is 27.4 Å². The first-order valence-electron chi connectivity index (χ1n) is 9.62. The van der Waals surface area contributed by atoms with Crippen molar-refractivity contribution in [3.8, 4) is 17.2 Å². The highest BCUT2D eigenvalue weighted by molar-refractivity contribution is 7.89. The minimum absolute atomic E-state index is 0.0992. The number of piperazine rings is 1. The van der Waals surface area contributed by atoms with E-state index in [-0.39, 0.29) is 30.3 Å². The maximum Gasteiger partial charge on any atom is 0.243 e. The Balaban J connectivity index is 1.66. The fraction of sp³-hybridized carbons (Fsp3) is 0.381. The van der Waals surface area contributed by atoms with E-state index in [1.54, 1.807) is 29.2 Å². The van der Waals surface area contributed by atoms with Crippen LogP contribution in [0.15, 0.2) is 41.3 Å². The van der Waals surface area contributed by atoms with Gasteiger partial charge < -0.3 is 19.1 Å². The van der Waals surface area contributed by atoms with E-state index in [2.05, 4.69) is 0 Å². The lowest BCUT2D eigenvalue weighted by molar-refractivity contribution is -0.131. The molecule has 0 unspecified atom stereocenters. The third kappa shape index (κ3) is 5.06. The van der Waals surface area contributed by atoms with Gasteiger partial charge in [-0.1, -0.05) is 11.6 Å². The van der Waals surface area contributed by atoms with Crippen LogP contribution in [0.4, 0.5) is 0 Å². The quantitative estimate of drug-likeness (QED) is 0.620. The number of hydrogen-bond acceptors (Lipinski definition) is 6. The van der Waals surface area contributed by atoms with E-state index in [4.69, 9.17) is 25.8 Å². The average Bonchev–Trinajstić information content (AvgIpc) is 2.78. The molecule has 1 saturated heterocycles. The topological polar surface area (TPSA) is 85.4 Å². The lowest BCUT2D eigenvalue weighted by atomic mass is 10.1. The van der Waals surface area contributed by atoms with E-state index in [0.717, 1.165) is 5.56 Å². The number of halogens is 1. The molecule has 168 valence electrons. The minimum atomic E-state index is -3.62. The maximum absolute atomic E-state index is 12.8. The van der Waals surface area contributed by atoms with Gasteiger partial charge in [-0.2, -0.15) is 4.31 Å². The molecule has 8 nitrogen and oxygen atoms in total. The highest BCUT2D eigenvalue weighted by Crippen LogP contribution is 2.38. The van der Waals surface area contributed by atoms with Gasteiger partial charge in [0.25, 0.3) is 0 Å². The molecule has 3 rings (SSSR count). The first kappa shape index (κ1) is 23.2. The van der Waals surface area contributed by atoms with Crippen molar-refractivity contribution in [2.24, 2.45) is 0 Å². The van der Waals surface area contributed by atoms with Crippen LogP contribution in [0.2, 0.25) is 5.02 Å². The van der Waals surface area contributed by atoms with Gasteiger partial charge in [-0.05, 0) is 42.0 Å². The predicted octanol–water partition coefficient (Wildman–Crippen LogP) is 2.44. The van der Waals surface area contributed by atoms with Crippen molar-refractivity contribution in [3.63, 3.8) is 0 Å². The van der Waals surface area contributed by atoms with Crippen molar-refractivity contribution in [1.29, 1.82) is 0 Å². The predicted molar refractivity (Wildman–Crippen MR) is 117 cm³/mol. The van der Waals surface area contributed by atoms with Gasteiger partial charge in [0.1, 0.15) is 0 Å². The molecule has 10 heteroatoms. The molecule has 0 bridgehead atoms.